The number of imidazole rings is 2. The van der Waals surface area contributed by atoms with Gasteiger partial charge in [0.1, 0.15) is 11.6 Å². The second kappa shape index (κ2) is 16.3. The molecule has 11 nitrogen and oxygen atoms in total. The number of ether oxygens (including phenoxy) is 1. The van der Waals surface area contributed by atoms with E-state index in [0.29, 0.717) is 6.54 Å². The number of likely N-dealkylation sites (tertiary alicyclic amines) is 2. The molecule has 12 heteroatoms. The van der Waals surface area contributed by atoms with Gasteiger partial charge in [-0.1, -0.05) is 76.2 Å². The maximum absolute atomic E-state index is 13.0. The number of alkyl carbamates (subject to hydrolysis) is 1. The SMILES string of the molecule is COC(=O)NC(CN1CCCC1c1ncc(-c2ccc(-c3ccc(-c4ccc(-c5cnc(C6CCCN6C(=O)C(N)C(C)C)[nH]5)cc4)s3)cc2)[nH]1)C(C)C. The van der Waals surface area contributed by atoms with Crippen molar-refractivity contribution < 1.29 is 14.3 Å². The molecule has 2 aliphatic rings. The molecule has 0 radical (unpaired) electrons. The highest BCUT2D eigenvalue weighted by atomic mass is 32.1. The molecule has 5 N–H and O–H groups in total. The summed E-state index contributed by atoms with van der Waals surface area (Å²) in [7, 11) is 1.40. The molecule has 7 rings (SSSR count). The summed E-state index contributed by atoms with van der Waals surface area (Å²) in [4.78, 5) is 48.3. The first-order chi connectivity index (χ1) is 26.1. The summed E-state index contributed by atoms with van der Waals surface area (Å²) in [6, 6.07) is 21.2. The van der Waals surface area contributed by atoms with Crippen molar-refractivity contribution in [1.82, 2.24) is 35.1 Å². The second-order valence-electron chi connectivity index (χ2n) is 15.3. The minimum atomic E-state index is -0.496. The monoisotopic (exact) mass is 748 g/mol. The smallest absolute Gasteiger partial charge is 0.407 e. The lowest BCUT2D eigenvalue weighted by Gasteiger charge is -2.30. The predicted octanol–water partition coefficient (Wildman–Crippen LogP) is 8.03. The zero-order chi connectivity index (χ0) is 37.9. The van der Waals surface area contributed by atoms with E-state index < -0.39 is 12.1 Å². The van der Waals surface area contributed by atoms with Gasteiger partial charge in [-0.05, 0) is 78.5 Å². The number of benzene rings is 2. The van der Waals surface area contributed by atoms with Gasteiger partial charge in [0.2, 0.25) is 5.91 Å². The standard InChI is InChI=1S/C42H52N8O3S/c1-25(2)33(48-42(52)53-5)24-49-20-6-8-34(49)39-44-22-31(46-39)27-10-14-29(15-11-27)36-18-19-37(54-36)30-16-12-28(13-17-30)32-23-45-40(47-32)35-9-7-21-50(35)41(51)38(43)26(3)4/h10-19,22-23,25-26,33-35,38H,6-9,20-21,24,43H2,1-5H3,(H,44,46)(H,45,47)(H,48,52). The summed E-state index contributed by atoms with van der Waals surface area (Å²) in [5, 5.41) is 3.00. The van der Waals surface area contributed by atoms with Crippen LogP contribution in [0.25, 0.3) is 43.4 Å². The number of nitrogens with two attached hydrogens (primary N) is 1. The number of carbonyl (C=O) groups excluding carboxylic acids is 2. The Balaban J connectivity index is 0.985. The summed E-state index contributed by atoms with van der Waals surface area (Å²) in [6.07, 6.45) is 7.35. The number of hydrogen-bond acceptors (Lipinski definition) is 8. The molecule has 0 saturated carbocycles. The number of methoxy groups -OCH3 is 1. The Hall–Kier alpha value is -4.78. The van der Waals surface area contributed by atoms with Gasteiger partial charge in [0.05, 0.1) is 49.0 Å². The van der Waals surface area contributed by atoms with Crippen molar-refractivity contribution in [2.45, 2.75) is 77.5 Å². The summed E-state index contributed by atoms with van der Waals surface area (Å²) in [5.41, 5.74) is 12.6. The third kappa shape index (κ3) is 8.01. The van der Waals surface area contributed by atoms with Crippen molar-refractivity contribution in [1.29, 1.82) is 0 Å². The van der Waals surface area contributed by atoms with E-state index in [-0.39, 0.29) is 35.9 Å². The number of amides is 2. The van der Waals surface area contributed by atoms with Crippen molar-refractivity contribution in [3.8, 4) is 43.4 Å². The number of aromatic nitrogens is 4. The Kier molecular flexibility index (Phi) is 11.3. The van der Waals surface area contributed by atoms with Crippen LogP contribution in [-0.4, -0.2) is 80.6 Å². The first-order valence-electron chi connectivity index (χ1n) is 19.2. The minimum absolute atomic E-state index is 0.00358. The van der Waals surface area contributed by atoms with E-state index in [2.05, 4.69) is 94.7 Å². The van der Waals surface area contributed by atoms with Gasteiger partial charge in [0, 0.05) is 28.9 Å². The lowest BCUT2D eigenvalue weighted by atomic mass is 10.0. The molecule has 2 aliphatic heterocycles. The van der Waals surface area contributed by atoms with Crippen molar-refractivity contribution in [3.63, 3.8) is 0 Å². The van der Waals surface area contributed by atoms with Crippen molar-refractivity contribution >= 4 is 23.3 Å². The highest BCUT2D eigenvalue weighted by Crippen LogP contribution is 2.37. The van der Waals surface area contributed by atoms with Crippen LogP contribution in [0.5, 0.6) is 0 Å². The fourth-order valence-electron chi connectivity index (χ4n) is 7.61. The van der Waals surface area contributed by atoms with Gasteiger partial charge in [0.25, 0.3) is 0 Å². The van der Waals surface area contributed by atoms with Crippen LogP contribution < -0.4 is 11.1 Å². The van der Waals surface area contributed by atoms with Crippen LogP contribution in [-0.2, 0) is 9.53 Å². The molecule has 54 heavy (non-hydrogen) atoms. The Bertz CT molecular complexity index is 2030. The normalized spacial score (nSPS) is 18.8. The van der Waals surface area contributed by atoms with Crippen molar-refractivity contribution in [2.75, 3.05) is 26.7 Å². The third-order valence-electron chi connectivity index (χ3n) is 11.0. The van der Waals surface area contributed by atoms with E-state index >= 15 is 0 Å². The van der Waals surface area contributed by atoms with Crippen molar-refractivity contribution in [3.05, 3.63) is 84.7 Å². The number of carbonyl (C=O) groups is 2. The van der Waals surface area contributed by atoms with E-state index in [0.717, 1.165) is 78.5 Å². The lowest BCUT2D eigenvalue weighted by Crippen LogP contribution is -2.46. The van der Waals surface area contributed by atoms with E-state index in [9.17, 15) is 9.59 Å². The zero-order valence-corrected chi connectivity index (χ0v) is 32.7. The number of nitrogens with zero attached hydrogens (tertiary/aromatic N) is 4. The number of aromatic amines is 2. The fourth-order valence-corrected chi connectivity index (χ4v) is 8.63. The molecule has 0 bridgehead atoms. The Morgan fingerprint density at radius 1 is 0.796 bits per heavy atom. The summed E-state index contributed by atoms with van der Waals surface area (Å²) >= 11 is 1.78. The molecule has 3 aromatic heterocycles. The molecule has 0 spiro atoms. The van der Waals surface area contributed by atoms with E-state index in [1.165, 1.54) is 22.4 Å². The topological polar surface area (TPSA) is 145 Å². The summed E-state index contributed by atoms with van der Waals surface area (Å²) in [5.74, 6) is 2.16. The van der Waals surface area contributed by atoms with Crippen molar-refractivity contribution in [2.24, 2.45) is 17.6 Å². The van der Waals surface area contributed by atoms with E-state index in [1.807, 2.05) is 31.1 Å². The van der Waals surface area contributed by atoms with Crippen LogP contribution in [0, 0.1) is 11.8 Å². The lowest BCUT2D eigenvalue weighted by molar-refractivity contribution is -0.134. The quantitative estimate of drug-likeness (QED) is 0.101. The number of rotatable bonds is 12. The Labute approximate surface area is 321 Å². The van der Waals surface area contributed by atoms with Crippen LogP contribution in [0.1, 0.15) is 77.1 Å². The molecule has 2 fully saturated rings. The average molecular weight is 749 g/mol. The molecule has 4 atom stereocenters. The largest absolute Gasteiger partial charge is 0.453 e. The minimum Gasteiger partial charge on any atom is -0.453 e. The fraction of sp³-hybridized carbons (Fsp3) is 0.429. The van der Waals surface area contributed by atoms with Gasteiger partial charge < -0.3 is 30.7 Å². The average Bonchev–Trinajstić information content (AvgIpc) is 4.03. The maximum Gasteiger partial charge on any atom is 0.407 e. The van der Waals surface area contributed by atoms with E-state index in [4.69, 9.17) is 20.4 Å². The van der Waals surface area contributed by atoms with Crippen LogP contribution in [0.3, 0.4) is 0 Å². The molecule has 5 aromatic rings. The highest BCUT2D eigenvalue weighted by Gasteiger charge is 2.35. The van der Waals surface area contributed by atoms with Crippen LogP contribution in [0.15, 0.2) is 73.1 Å². The summed E-state index contributed by atoms with van der Waals surface area (Å²) in [6.45, 7) is 10.6. The van der Waals surface area contributed by atoms with Crippen LogP contribution >= 0.6 is 11.3 Å². The molecule has 2 saturated heterocycles. The first-order valence-corrected chi connectivity index (χ1v) is 20.0. The van der Waals surface area contributed by atoms with Gasteiger partial charge in [-0.15, -0.1) is 11.3 Å². The second-order valence-corrected chi connectivity index (χ2v) is 16.4. The Morgan fingerprint density at radius 2 is 1.31 bits per heavy atom. The summed E-state index contributed by atoms with van der Waals surface area (Å²) < 4.78 is 4.86. The third-order valence-corrected chi connectivity index (χ3v) is 12.2. The first kappa shape index (κ1) is 37.5. The molecule has 4 unspecified atom stereocenters. The molecular formula is C42H52N8O3S. The van der Waals surface area contributed by atoms with Gasteiger partial charge in [0.15, 0.2) is 0 Å². The number of thiophene rings is 1. The maximum atomic E-state index is 13.0. The van der Waals surface area contributed by atoms with Gasteiger partial charge in [-0.25, -0.2) is 14.8 Å². The number of hydrogen-bond donors (Lipinski definition) is 4. The molecule has 2 aromatic carbocycles. The molecular weight excluding hydrogens is 697 g/mol. The van der Waals surface area contributed by atoms with Crippen LogP contribution in [0.4, 0.5) is 4.79 Å². The predicted molar refractivity (Wildman–Crippen MR) is 215 cm³/mol. The zero-order valence-electron chi connectivity index (χ0n) is 31.8. The number of nitrogens with one attached hydrogen (secondary N) is 3. The molecule has 284 valence electrons. The molecule has 2 amide bonds. The van der Waals surface area contributed by atoms with E-state index in [1.54, 1.807) is 11.3 Å². The number of H-pyrrole nitrogens is 2. The molecule has 5 heterocycles. The van der Waals surface area contributed by atoms with Gasteiger partial charge >= 0.3 is 6.09 Å². The van der Waals surface area contributed by atoms with Gasteiger partial charge in [-0.2, -0.15) is 0 Å². The molecule has 0 aliphatic carbocycles. The Morgan fingerprint density at radius 3 is 1.85 bits per heavy atom. The van der Waals surface area contributed by atoms with Crippen LogP contribution in [0.2, 0.25) is 0 Å². The highest BCUT2D eigenvalue weighted by molar-refractivity contribution is 7.18. The van der Waals surface area contributed by atoms with Gasteiger partial charge in [-0.3, -0.25) is 9.69 Å².